The first-order valence-electron chi connectivity index (χ1n) is 7.76. The zero-order chi connectivity index (χ0) is 16.8. The molecule has 0 aliphatic rings. The van der Waals surface area contributed by atoms with E-state index in [9.17, 15) is 4.79 Å². The molecule has 3 aromatic rings. The standard InChI is InChI=1S/C19H19NO3S/c1-15(23-17-6-3-2-4-7-17)19(21)20(12-16-9-11-24-14-16)13-18-8-5-10-22-18/h2-11,14-15H,12-13H2,1H3. The molecule has 0 bridgehead atoms. The summed E-state index contributed by atoms with van der Waals surface area (Å²) in [5.74, 6) is 1.37. The molecule has 1 aromatic carbocycles. The largest absolute Gasteiger partial charge is 0.481 e. The summed E-state index contributed by atoms with van der Waals surface area (Å²) in [5.41, 5.74) is 1.10. The fraction of sp³-hybridized carbons (Fsp3) is 0.211. The van der Waals surface area contributed by atoms with Gasteiger partial charge in [-0.3, -0.25) is 4.79 Å². The van der Waals surface area contributed by atoms with Crippen LogP contribution in [0.4, 0.5) is 0 Å². The third-order valence-corrected chi connectivity index (χ3v) is 4.33. The molecule has 1 unspecified atom stereocenters. The molecule has 124 valence electrons. The quantitative estimate of drug-likeness (QED) is 0.642. The highest BCUT2D eigenvalue weighted by Gasteiger charge is 2.23. The molecule has 0 N–H and O–H groups in total. The fourth-order valence-corrected chi connectivity index (χ4v) is 3.08. The molecule has 0 fully saturated rings. The molecule has 0 radical (unpaired) electrons. The summed E-state index contributed by atoms with van der Waals surface area (Å²) in [6.45, 7) is 2.73. The van der Waals surface area contributed by atoms with Crippen molar-refractivity contribution >= 4 is 17.2 Å². The van der Waals surface area contributed by atoms with E-state index in [0.29, 0.717) is 18.8 Å². The van der Waals surface area contributed by atoms with Crippen LogP contribution in [-0.2, 0) is 17.9 Å². The summed E-state index contributed by atoms with van der Waals surface area (Å²) >= 11 is 1.62. The Labute approximate surface area is 145 Å². The number of amides is 1. The predicted octanol–water partition coefficient (Wildman–Crippen LogP) is 4.34. The van der Waals surface area contributed by atoms with Gasteiger partial charge in [0.1, 0.15) is 11.5 Å². The van der Waals surface area contributed by atoms with Crippen LogP contribution in [0.25, 0.3) is 0 Å². The van der Waals surface area contributed by atoms with E-state index in [0.717, 1.165) is 11.3 Å². The minimum Gasteiger partial charge on any atom is -0.481 e. The molecule has 5 heteroatoms. The van der Waals surface area contributed by atoms with Crippen LogP contribution in [0.3, 0.4) is 0 Å². The first-order valence-corrected chi connectivity index (χ1v) is 8.70. The average molecular weight is 341 g/mol. The van der Waals surface area contributed by atoms with E-state index in [-0.39, 0.29) is 5.91 Å². The Morgan fingerprint density at radius 1 is 1.17 bits per heavy atom. The minimum atomic E-state index is -0.569. The Hall–Kier alpha value is -2.53. The molecule has 4 nitrogen and oxygen atoms in total. The number of hydrogen-bond donors (Lipinski definition) is 0. The van der Waals surface area contributed by atoms with Gasteiger partial charge in [0.25, 0.3) is 5.91 Å². The summed E-state index contributed by atoms with van der Waals surface area (Å²) in [6, 6.07) is 15.1. The Bertz CT molecular complexity index is 702. The van der Waals surface area contributed by atoms with E-state index in [1.807, 2.05) is 59.3 Å². The highest BCUT2D eigenvalue weighted by Crippen LogP contribution is 2.17. The molecule has 0 saturated carbocycles. The summed E-state index contributed by atoms with van der Waals surface area (Å²) in [5, 5.41) is 4.06. The van der Waals surface area contributed by atoms with Gasteiger partial charge in [0.2, 0.25) is 0 Å². The number of carbonyl (C=O) groups is 1. The number of ether oxygens (including phenoxy) is 1. The SMILES string of the molecule is CC(Oc1ccccc1)C(=O)N(Cc1ccsc1)Cc1ccco1. The molecule has 0 aliphatic heterocycles. The zero-order valence-corrected chi connectivity index (χ0v) is 14.2. The van der Waals surface area contributed by atoms with Gasteiger partial charge in [-0.15, -0.1) is 0 Å². The number of furan rings is 1. The Morgan fingerprint density at radius 2 is 2.00 bits per heavy atom. The maximum atomic E-state index is 12.9. The molecule has 0 spiro atoms. The van der Waals surface area contributed by atoms with Crippen molar-refractivity contribution < 1.29 is 13.9 Å². The lowest BCUT2D eigenvalue weighted by Crippen LogP contribution is -2.39. The van der Waals surface area contributed by atoms with Crippen LogP contribution in [0.5, 0.6) is 5.75 Å². The average Bonchev–Trinajstić information content (AvgIpc) is 3.28. The van der Waals surface area contributed by atoms with Gasteiger partial charge in [-0.25, -0.2) is 0 Å². The Balaban J connectivity index is 1.71. The van der Waals surface area contributed by atoms with E-state index < -0.39 is 6.10 Å². The molecule has 24 heavy (non-hydrogen) atoms. The van der Waals surface area contributed by atoms with Crippen molar-refractivity contribution in [2.45, 2.75) is 26.1 Å². The molecule has 0 aliphatic carbocycles. The number of hydrogen-bond acceptors (Lipinski definition) is 4. The van der Waals surface area contributed by atoms with E-state index in [1.54, 1.807) is 29.4 Å². The number of para-hydroxylation sites is 1. The van der Waals surface area contributed by atoms with Crippen LogP contribution in [-0.4, -0.2) is 16.9 Å². The van der Waals surface area contributed by atoms with E-state index >= 15 is 0 Å². The highest BCUT2D eigenvalue weighted by molar-refractivity contribution is 7.07. The lowest BCUT2D eigenvalue weighted by atomic mass is 10.2. The zero-order valence-electron chi connectivity index (χ0n) is 13.4. The molecule has 1 amide bonds. The number of benzene rings is 1. The number of rotatable bonds is 7. The maximum Gasteiger partial charge on any atom is 0.264 e. The van der Waals surface area contributed by atoms with Crippen LogP contribution in [0.15, 0.2) is 70.0 Å². The van der Waals surface area contributed by atoms with Crippen molar-refractivity contribution in [3.8, 4) is 5.75 Å². The first-order chi connectivity index (χ1) is 11.7. The molecule has 0 saturated heterocycles. The predicted molar refractivity (Wildman–Crippen MR) is 93.8 cm³/mol. The van der Waals surface area contributed by atoms with Crippen molar-refractivity contribution in [2.24, 2.45) is 0 Å². The smallest absolute Gasteiger partial charge is 0.264 e. The van der Waals surface area contributed by atoms with Gasteiger partial charge >= 0.3 is 0 Å². The number of nitrogens with zero attached hydrogens (tertiary/aromatic N) is 1. The third-order valence-electron chi connectivity index (χ3n) is 3.60. The summed E-state index contributed by atoms with van der Waals surface area (Å²) in [7, 11) is 0. The fourth-order valence-electron chi connectivity index (χ4n) is 2.42. The topological polar surface area (TPSA) is 42.7 Å². The van der Waals surface area contributed by atoms with Gasteiger partial charge in [0.15, 0.2) is 6.10 Å². The lowest BCUT2D eigenvalue weighted by molar-refractivity contribution is -0.139. The van der Waals surface area contributed by atoms with Gasteiger partial charge in [-0.2, -0.15) is 11.3 Å². The first kappa shape index (κ1) is 16.3. The van der Waals surface area contributed by atoms with E-state index in [2.05, 4.69) is 0 Å². The van der Waals surface area contributed by atoms with Crippen molar-refractivity contribution in [1.82, 2.24) is 4.90 Å². The van der Waals surface area contributed by atoms with Gasteiger partial charge in [0.05, 0.1) is 12.8 Å². The van der Waals surface area contributed by atoms with Crippen molar-refractivity contribution in [2.75, 3.05) is 0 Å². The monoisotopic (exact) mass is 341 g/mol. The van der Waals surface area contributed by atoms with Crippen LogP contribution in [0.2, 0.25) is 0 Å². The second-order valence-electron chi connectivity index (χ2n) is 5.48. The third kappa shape index (κ3) is 4.26. The lowest BCUT2D eigenvalue weighted by Gasteiger charge is -2.25. The highest BCUT2D eigenvalue weighted by atomic mass is 32.1. The minimum absolute atomic E-state index is 0.0681. The number of thiophene rings is 1. The van der Waals surface area contributed by atoms with Gasteiger partial charge in [0, 0.05) is 6.54 Å². The summed E-state index contributed by atoms with van der Waals surface area (Å²) in [4.78, 5) is 14.6. The Morgan fingerprint density at radius 3 is 2.67 bits per heavy atom. The molecule has 1 atom stereocenters. The van der Waals surface area contributed by atoms with E-state index in [4.69, 9.17) is 9.15 Å². The van der Waals surface area contributed by atoms with Crippen LogP contribution >= 0.6 is 11.3 Å². The summed E-state index contributed by atoms with van der Waals surface area (Å²) < 4.78 is 11.2. The van der Waals surface area contributed by atoms with Gasteiger partial charge in [-0.1, -0.05) is 18.2 Å². The second kappa shape index (κ2) is 7.84. The molecule has 2 aromatic heterocycles. The number of carbonyl (C=O) groups excluding carboxylic acids is 1. The maximum absolute atomic E-state index is 12.9. The van der Waals surface area contributed by atoms with Gasteiger partial charge < -0.3 is 14.1 Å². The van der Waals surface area contributed by atoms with Crippen molar-refractivity contribution in [1.29, 1.82) is 0 Å². The van der Waals surface area contributed by atoms with E-state index in [1.165, 1.54) is 0 Å². The van der Waals surface area contributed by atoms with Crippen LogP contribution in [0.1, 0.15) is 18.2 Å². The Kier molecular flexibility index (Phi) is 5.33. The van der Waals surface area contributed by atoms with Crippen molar-refractivity contribution in [3.63, 3.8) is 0 Å². The molecular weight excluding hydrogens is 322 g/mol. The van der Waals surface area contributed by atoms with Gasteiger partial charge in [-0.05, 0) is 53.6 Å². The van der Waals surface area contributed by atoms with Crippen LogP contribution < -0.4 is 4.74 Å². The second-order valence-corrected chi connectivity index (χ2v) is 6.26. The summed E-state index contributed by atoms with van der Waals surface area (Å²) in [6.07, 6.45) is 1.05. The van der Waals surface area contributed by atoms with Crippen molar-refractivity contribution in [3.05, 3.63) is 76.9 Å². The molecule has 2 heterocycles. The molecule has 3 rings (SSSR count). The normalized spacial score (nSPS) is 11.9. The molecular formula is C19H19NO3S. The van der Waals surface area contributed by atoms with Crippen LogP contribution in [0, 0.1) is 0 Å².